The van der Waals surface area contributed by atoms with E-state index in [0.717, 1.165) is 12.6 Å². The Balaban J connectivity index is 2.01. The SMILES string of the molecule is Cc1ccsc1C(CN)N1CCC(N(C)C)CC1. The number of likely N-dealkylation sites (tertiary alicyclic amines) is 1. The van der Waals surface area contributed by atoms with Gasteiger partial charge in [-0.15, -0.1) is 11.3 Å². The van der Waals surface area contributed by atoms with Crippen LogP contribution in [0.4, 0.5) is 0 Å². The summed E-state index contributed by atoms with van der Waals surface area (Å²) in [5.41, 5.74) is 7.41. The Hall–Kier alpha value is -0.420. The second-order valence-electron chi connectivity index (χ2n) is 5.45. The van der Waals surface area contributed by atoms with Crippen molar-refractivity contribution in [2.75, 3.05) is 33.7 Å². The van der Waals surface area contributed by atoms with E-state index in [1.165, 1.54) is 36.4 Å². The minimum absolute atomic E-state index is 0.424. The predicted octanol–water partition coefficient (Wildman–Crippen LogP) is 2.08. The van der Waals surface area contributed by atoms with Gasteiger partial charge in [-0.2, -0.15) is 0 Å². The average Bonchev–Trinajstić information content (AvgIpc) is 2.78. The van der Waals surface area contributed by atoms with Gasteiger partial charge in [0.1, 0.15) is 0 Å². The maximum Gasteiger partial charge on any atom is 0.0566 e. The second-order valence-corrected chi connectivity index (χ2v) is 6.40. The van der Waals surface area contributed by atoms with E-state index in [0.29, 0.717) is 6.04 Å². The third-order valence-corrected chi connectivity index (χ3v) is 5.22. The van der Waals surface area contributed by atoms with Gasteiger partial charge in [0.25, 0.3) is 0 Å². The van der Waals surface area contributed by atoms with Gasteiger partial charge in [0.15, 0.2) is 0 Å². The minimum Gasteiger partial charge on any atom is -0.329 e. The number of hydrogen-bond acceptors (Lipinski definition) is 4. The van der Waals surface area contributed by atoms with Crippen LogP contribution in [0.1, 0.15) is 29.3 Å². The van der Waals surface area contributed by atoms with E-state index in [9.17, 15) is 0 Å². The molecule has 0 aliphatic carbocycles. The van der Waals surface area contributed by atoms with Crippen LogP contribution < -0.4 is 5.73 Å². The molecule has 1 aromatic heterocycles. The van der Waals surface area contributed by atoms with E-state index < -0.39 is 0 Å². The van der Waals surface area contributed by atoms with Crippen molar-refractivity contribution in [3.63, 3.8) is 0 Å². The van der Waals surface area contributed by atoms with Crippen LogP contribution in [0, 0.1) is 6.92 Å². The van der Waals surface area contributed by atoms with Crippen molar-refractivity contribution in [1.29, 1.82) is 0 Å². The molecule has 1 fully saturated rings. The van der Waals surface area contributed by atoms with Crippen molar-refractivity contribution in [2.45, 2.75) is 31.8 Å². The lowest BCUT2D eigenvalue weighted by Crippen LogP contribution is -2.44. The summed E-state index contributed by atoms with van der Waals surface area (Å²) >= 11 is 1.85. The highest BCUT2D eigenvalue weighted by Gasteiger charge is 2.27. The normalized spacial score (nSPS) is 20.5. The Labute approximate surface area is 115 Å². The molecular formula is C14H25N3S. The van der Waals surface area contributed by atoms with Gasteiger partial charge in [0.05, 0.1) is 6.04 Å². The number of nitrogens with zero attached hydrogens (tertiary/aromatic N) is 2. The number of nitrogens with two attached hydrogens (primary N) is 1. The lowest BCUT2D eigenvalue weighted by molar-refractivity contribution is 0.112. The fraction of sp³-hybridized carbons (Fsp3) is 0.714. The van der Waals surface area contributed by atoms with Crippen LogP contribution >= 0.6 is 11.3 Å². The summed E-state index contributed by atoms with van der Waals surface area (Å²) in [5.74, 6) is 0. The summed E-state index contributed by atoms with van der Waals surface area (Å²) < 4.78 is 0. The smallest absolute Gasteiger partial charge is 0.0566 e. The zero-order valence-corrected chi connectivity index (χ0v) is 12.5. The molecule has 0 spiro atoms. The van der Waals surface area contributed by atoms with Gasteiger partial charge >= 0.3 is 0 Å². The summed E-state index contributed by atoms with van der Waals surface area (Å²) in [5, 5.41) is 2.18. The van der Waals surface area contributed by atoms with Gasteiger partial charge < -0.3 is 10.6 Å². The lowest BCUT2D eigenvalue weighted by atomic mass is 10.0. The second kappa shape index (κ2) is 6.15. The Kier molecular flexibility index (Phi) is 4.78. The molecule has 0 radical (unpaired) electrons. The van der Waals surface area contributed by atoms with Crippen LogP contribution in [0.3, 0.4) is 0 Å². The van der Waals surface area contributed by atoms with Crippen molar-refractivity contribution < 1.29 is 0 Å². The summed E-state index contributed by atoms with van der Waals surface area (Å²) in [6.07, 6.45) is 2.52. The molecule has 0 amide bonds. The summed E-state index contributed by atoms with van der Waals surface area (Å²) in [7, 11) is 4.37. The maximum absolute atomic E-state index is 6.01. The van der Waals surface area contributed by atoms with E-state index in [-0.39, 0.29) is 0 Å². The Morgan fingerprint density at radius 3 is 2.56 bits per heavy atom. The highest BCUT2D eigenvalue weighted by atomic mass is 32.1. The zero-order chi connectivity index (χ0) is 13.1. The molecule has 2 heterocycles. The third-order valence-electron chi connectivity index (χ3n) is 4.10. The first-order valence-electron chi connectivity index (χ1n) is 6.78. The van der Waals surface area contributed by atoms with Crippen molar-refractivity contribution >= 4 is 11.3 Å². The Bertz CT molecular complexity index is 367. The van der Waals surface area contributed by atoms with Gasteiger partial charge in [-0.1, -0.05) is 0 Å². The number of hydrogen-bond donors (Lipinski definition) is 1. The summed E-state index contributed by atoms with van der Waals surface area (Å²) in [6.45, 7) is 5.26. The van der Waals surface area contributed by atoms with Crippen LogP contribution in [0.2, 0.25) is 0 Å². The van der Waals surface area contributed by atoms with Crippen LogP contribution in [-0.2, 0) is 0 Å². The quantitative estimate of drug-likeness (QED) is 0.906. The highest BCUT2D eigenvalue weighted by molar-refractivity contribution is 7.10. The molecule has 1 aromatic rings. The van der Waals surface area contributed by atoms with E-state index in [2.05, 4.69) is 42.3 Å². The van der Waals surface area contributed by atoms with Crippen molar-refractivity contribution in [3.05, 3.63) is 21.9 Å². The first-order valence-corrected chi connectivity index (χ1v) is 7.66. The molecular weight excluding hydrogens is 242 g/mol. The van der Waals surface area contributed by atoms with Crippen molar-refractivity contribution in [2.24, 2.45) is 5.73 Å². The molecule has 1 unspecified atom stereocenters. The topological polar surface area (TPSA) is 32.5 Å². The average molecular weight is 267 g/mol. The van der Waals surface area contributed by atoms with Gasteiger partial charge in [-0.25, -0.2) is 0 Å². The van der Waals surface area contributed by atoms with Gasteiger partial charge in [0.2, 0.25) is 0 Å². The highest BCUT2D eigenvalue weighted by Crippen LogP contribution is 2.30. The summed E-state index contributed by atoms with van der Waals surface area (Å²) in [4.78, 5) is 6.38. The molecule has 1 aliphatic rings. The van der Waals surface area contributed by atoms with Crippen molar-refractivity contribution in [1.82, 2.24) is 9.80 Å². The molecule has 2 rings (SSSR count). The molecule has 102 valence electrons. The maximum atomic E-state index is 6.01. The van der Waals surface area contributed by atoms with E-state index in [4.69, 9.17) is 5.73 Å². The molecule has 18 heavy (non-hydrogen) atoms. The first kappa shape index (κ1) is 14.0. The van der Waals surface area contributed by atoms with E-state index in [1.807, 2.05) is 11.3 Å². The van der Waals surface area contributed by atoms with Crippen LogP contribution in [0.15, 0.2) is 11.4 Å². The molecule has 1 saturated heterocycles. The minimum atomic E-state index is 0.424. The van der Waals surface area contributed by atoms with Crippen LogP contribution in [0.25, 0.3) is 0 Å². The molecule has 0 aromatic carbocycles. The van der Waals surface area contributed by atoms with Crippen LogP contribution in [0.5, 0.6) is 0 Å². The van der Waals surface area contributed by atoms with Crippen molar-refractivity contribution in [3.8, 4) is 0 Å². The summed E-state index contributed by atoms with van der Waals surface area (Å²) in [6, 6.07) is 3.37. The van der Waals surface area contributed by atoms with E-state index in [1.54, 1.807) is 0 Å². The number of aryl methyl sites for hydroxylation is 1. The molecule has 1 aliphatic heterocycles. The fourth-order valence-corrected chi connectivity index (χ4v) is 3.94. The monoisotopic (exact) mass is 267 g/mol. The Morgan fingerprint density at radius 2 is 2.11 bits per heavy atom. The third kappa shape index (κ3) is 2.94. The molecule has 1 atom stereocenters. The lowest BCUT2D eigenvalue weighted by Gasteiger charge is -2.39. The zero-order valence-electron chi connectivity index (χ0n) is 11.7. The van der Waals surface area contributed by atoms with Gasteiger partial charge in [-0.05, 0) is 50.9 Å². The van der Waals surface area contributed by atoms with Gasteiger partial charge in [-0.3, -0.25) is 4.90 Å². The van der Waals surface area contributed by atoms with Gasteiger partial charge in [0, 0.05) is 30.6 Å². The molecule has 4 heteroatoms. The first-order chi connectivity index (χ1) is 8.63. The number of thiophene rings is 1. The molecule has 3 nitrogen and oxygen atoms in total. The number of rotatable bonds is 4. The predicted molar refractivity (Wildman–Crippen MR) is 79.1 cm³/mol. The molecule has 2 N–H and O–H groups in total. The molecule has 0 saturated carbocycles. The molecule has 0 bridgehead atoms. The Morgan fingerprint density at radius 1 is 1.44 bits per heavy atom. The standard InChI is InChI=1S/C14H25N3S/c1-11-6-9-18-14(11)13(10-15)17-7-4-12(5-8-17)16(2)3/h6,9,12-13H,4-5,7-8,10,15H2,1-3H3. The fourth-order valence-electron chi connectivity index (χ4n) is 2.86. The van der Waals surface area contributed by atoms with E-state index >= 15 is 0 Å². The van der Waals surface area contributed by atoms with Crippen LogP contribution in [-0.4, -0.2) is 49.6 Å². The largest absolute Gasteiger partial charge is 0.329 e. The number of piperidine rings is 1.